The summed E-state index contributed by atoms with van der Waals surface area (Å²) in [6.07, 6.45) is 0. The predicted octanol–water partition coefficient (Wildman–Crippen LogP) is 13.5. The van der Waals surface area contributed by atoms with Gasteiger partial charge in [0.15, 0.2) is 0 Å². The highest BCUT2D eigenvalue weighted by molar-refractivity contribution is 6.26. The van der Waals surface area contributed by atoms with Crippen molar-refractivity contribution in [2.24, 2.45) is 0 Å². The molecule has 9 aromatic rings. The molecule has 0 bridgehead atoms. The van der Waals surface area contributed by atoms with Crippen LogP contribution >= 0.6 is 0 Å². The SMILES string of the molecule is c1ccc(-c2cc3c4c(ccc(-c5c6ccccc6c(-c6ccccc6)c6ccccc56)c4c2)-c2ccccc2-c2ccccc2-3)cc1. The second-order valence-corrected chi connectivity index (χ2v) is 12.8. The minimum atomic E-state index is 1.22. The summed E-state index contributed by atoms with van der Waals surface area (Å²) < 4.78 is 0. The summed E-state index contributed by atoms with van der Waals surface area (Å²) in [6, 6.07) is 67.1. The fourth-order valence-electron chi connectivity index (χ4n) is 8.18. The first-order chi connectivity index (χ1) is 23.8. The molecule has 48 heavy (non-hydrogen) atoms. The summed E-state index contributed by atoms with van der Waals surface area (Å²) in [5, 5.41) is 7.67. The lowest BCUT2D eigenvalue weighted by Crippen LogP contribution is -1.94. The lowest BCUT2D eigenvalue weighted by Gasteiger charge is -2.21. The molecule has 0 saturated carbocycles. The third-order valence-electron chi connectivity index (χ3n) is 10.2. The molecule has 0 amide bonds. The van der Waals surface area contributed by atoms with Crippen LogP contribution in [0.5, 0.6) is 0 Å². The maximum Gasteiger partial charge on any atom is -0.00197 e. The highest BCUT2D eigenvalue weighted by atomic mass is 14.3. The van der Waals surface area contributed by atoms with Crippen LogP contribution in [-0.2, 0) is 0 Å². The summed E-state index contributed by atoms with van der Waals surface area (Å²) in [5.74, 6) is 0. The van der Waals surface area contributed by atoms with E-state index in [4.69, 9.17) is 0 Å². The van der Waals surface area contributed by atoms with E-state index in [1.54, 1.807) is 0 Å². The Bertz CT molecular complexity index is 2640. The fraction of sp³-hybridized carbons (Fsp3) is 0. The zero-order valence-electron chi connectivity index (χ0n) is 26.3. The summed E-state index contributed by atoms with van der Waals surface area (Å²) in [6.45, 7) is 0. The number of benzene rings is 9. The average Bonchev–Trinajstić information content (AvgIpc) is 3.28. The topological polar surface area (TPSA) is 0 Å². The van der Waals surface area contributed by atoms with E-state index < -0.39 is 0 Å². The van der Waals surface area contributed by atoms with Gasteiger partial charge in [-0.1, -0.05) is 170 Å². The molecule has 0 heterocycles. The van der Waals surface area contributed by atoms with Crippen molar-refractivity contribution in [1.29, 1.82) is 0 Å². The van der Waals surface area contributed by atoms with Crippen LogP contribution in [0.4, 0.5) is 0 Å². The van der Waals surface area contributed by atoms with Crippen LogP contribution in [-0.4, -0.2) is 0 Å². The van der Waals surface area contributed by atoms with Crippen LogP contribution in [0.25, 0.3) is 99.1 Å². The molecule has 0 saturated heterocycles. The number of hydrogen-bond donors (Lipinski definition) is 0. The molecule has 1 aliphatic rings. The van der Waals surface area contributed by atoms with Crippen molar-refractivity contribution >= 4 is 32.3 Å². The summed E-state index contributed by atoms with van der Waals surface area (Å²) in [5.41, 5.74) is 15.2. The summed E-state index contributed by atoms with van der Waals surface area (Å²) in [4.78, 5) is 0. The Balaban J connectivity index is 1.41. The van der Waals surface area contributed by atoms with E-state index in [1.807, 2.05) is 0 Å². The Morgan fingerprint density at radius 1 is 0.208 bits per heavy atom. The standard InChI is InChI=1S/C48H30/c1-3-15-31(16-4-1)33-29-44-37-22-10-8-20-35(37)34-19-7-9-21-36(34)42-27-28-43(45(30-33)48(42)44)47-40-25-13-11-23-38(40)46(32-17-5-2-6-18-32)39-24-12-14-26-41(39)47/h1-30H. The van der Waals surface area contributed by atoms with Crippen molar-refractivity contribution in [3.63, 3.8) is 0 Å². The maximum atomic E-state index is 2.44. The van der Waals surface area contributed by atoms with Gasteiger partial charge in [0.2, 0.25) is 0 Å². The molecule has 0 atom stereocenters. The minimum absolute atomic E-state index is 1.22. The monoisotopic (exact) mass is 606 g/mol. The van der Waals surface area contributed by atoms with Gasteiger partial charge in [0.25, 0.3) is 0 Å². The largest absolute Gasteiger partial charge is 0.0622 e. The normalized spacial score (nSPS) is 11.8. The molecule has 0 aromatic heterocycles. The van der Waals surface area contributed by atoms with Crippen molar-refractivity contribution < 1.29 is 0 Å². The lowest BCUT2D eigenvalue weighted by atomic mass is 9.82. The molecule has 0 nitrogen and oxygen atoms in total. The molecule has 1 aliphatic carbocycles. The van der Waals surface area contributed by atoms with Crippen LogP contribution in [0, 0.1) is 0 Å². The Morgan fingerprint density at radius 2 is 0.625 bits per heavy atom. The third kappa shape index (κ3) is 3.96. The van der Waals surface area contributed by atoms with Crippen molar-refractivity contribution in [1.82, 2.24) is 0 Å². The van der Waals surface area contributed by atoms with Gasteiger partial charge in [0, 0.05) is 0 Å². The second kappa shape index (κ2) is 10.7. The Kier molecular flexibility index (Phi) is 5.98. The minimum Gasteiger partial charge on any atom is -0.0622 e. The molecule has 0 heteroatoms. The van der Waals surface area contributed by atoms with E-state index in [0.717, 1.165) is 0 Å². The van der Waals surface area contributed by atoms with Gasteiger partial charge < -0.3 is 0 Å². The maximum absolute atomic E-state index is 2.44. The molecular weight excluding hydrogens is 577 g/mol. The van der Waals surface area contributed by atoms with Crippen molar-refractivity contribution in [3.8, 4) is 66.8 Å². The van der Waals surface area contributed by atoms with E-state index in [2.05, 4.69) is 182 Å². The fourth-order valence-corrected chi connectivity index (χ4v) is 8.18. The summed E-state index contributed by atoms with van der Waals surface area (Å²) >= 11 is 0. The van der Waals surface area contributed by atoms with E-state index in [0.29, 0.717) is 0 Å². The Labute approximate surface area is 280 Å². The average molecular weight is 607 g/mol. The second-order valence-electron chi connectivity index (χ2n) is 12.8. The first kappa shape index (κ1) is 26.9. The summed E-state index contributed by atoms with van der Waals surface area (Å²) in [7, 11) is 0. The quantitative estimate of drug-likeness (QED) is 0.176. The number of fused-ring (bicyclic) bond motifs is 7. The van der Waals surface area contributed by atoms with Crippen LogP contribution in [0.2, 0.25) is 0 Å². The van der Waals surface area contributed by atoms with E-state index in [-0.39, 0.29) is 0 Å². The smallest absolute Gasteiger partial charge is 0.00197 e. The third-order valence-corrected chi connectivity index (χ3v) is 10.2. The molecule has 0 radical (unpaired) electrons. The van der Waals surface area contributed by atoms with E-state index >= 15 is 0 Å². The number of rotatable bonds is 3. The highest BCUT2D eigenvalue weighted by Gasteiger charge is 2.25. The van der Waals surface area contributed by atoms with Gasteiger partial charge in [-0.2, -0.15) is 0 Å². The zero-order valence-corrected chi connectivity index (χ0v) is 26.3. The van der Waals surface area contributed by atoms with Gasteiger partial charge in [-0.05, 0) is 111 Å². The highest BCUT2D eigenvalue weighted by Crippen LogP contribution is 2.52. The molecular formula is C48H30. The molecule has 222 valence electrons. The van der Waals surface area contributed by atoms with Gasteiger partial charge in [-0.3, -0.25) is 0 Å². The van der Waals surface area contributed by atoms with Crippen LogP contribution in [0.3, 0.4) is 0 Å². The lowest BCUT2D eigenvalue weighted by molar-refractivity contribution is 1.61. The first-order valence-electron chi connectivity index (χ1n) is 16.7. The first-order valence-corrected chi connectivity index (χ1v) is 16.7. The molecule has 9 aromatic carbocycles. The molecule has 0 spiro atoms. The predicted molar refractivity (Wildman–Crippen MR) is 205 cm³/mol. The number of hydrogen-bond acceptors (Lipinski definition) is 0. The van der Waals surface area contributed by atoms with Crippen molar-refractivity contribution in [2.75, 3.05) is 0 Å². The van der Waals surface area contributed by atoms with Gasteiger partial charge in [-0.15, -0.1) is 0 Å². The van der Waals surface area contributed by atoms with Crippen molar-refractivity contribution in [2.45, 2.75) is 0 Å². The van der Waals surface area contributed by atoms with E-state index in [1.165, 1.54) is 99.1 Å². The van der Waals surface area contributed by atoms with Gasteiger partial charge in [0.05, 0.1) is 0 Å². The van der Waals surface area contributed by atoms with Crippen molar-refractivity contribution in [3.05, 3.63) is 182 Å². The molecule has 0 aliphatic heterocycles. The Hall–Kier alpha value is -6.24. The van der Waals surface area contributed by atoms with Gasteiger partial charge >= 0.3 is 0 Å². The molecule has 10 rings (SSSR count). The van der Waals surface area contributed by atoms with Gasteiger partial charge in [0.1, 0.15) is 0 Å². The molecule has 0 unspecified atom stereocenters. The van der Waals surface area contributed by atoms with E-state index in [9.17, 15) is 0 Å². The molecule has 0 fully saturated rings. The van der Waals surface area contributed by atoms with Gasteiger partial charge in [-0.25, -0.2) is 0 Å². The van der Waals surface area contributed by atoms with Crippen LogP contribution < -0.4 is 0 Å². The van der Waals surface area contributed by atoms with Crippen LogP contribution in [0.1, 0.15) is 0 Å². The Morgan fingerprint density at radius 3 is 1.19 bits per heavy atom. The van der Waals surface area contributed by atoms with Crippen LogP contribution in [0.15, 0.2) is 182 Å². The zero-order chi connectivity index (χ0) is 31.6. The molecule has 0 N–H and O–H groups in total.